The Morgan fingerprint density at radius 2 is 2.33 bits per heavy atom. The number of carbonyl (C=O) groups excluding carboxylic acids is 1. The fraction of sp³-hybridized carbons (Fsp3) is 0.429. The Kier molecular flexibility index (Phi) is 4.74. The van der Waals surface area contributed by atoms with Gasteiger partial charge >= 0.3 is 0 Å². The van der Waals surface area contributed by atoms with Crippen molar-refractivity contribution in [3.8, 4) is 0 Å². The number of thioether (sulfide) groups is 1. The zero-order chi connectivity index (χ0) is 14.7. The maximum atomic E-state index is 11.8. The van der Waals surface area contributed by atoms with Crippen LogP contribution in [0.5, 0.6) is 0 Å². The molecule has 0 spiro atoms. The van der Waals surface area contributed by atoms with Crippen molar-refractivity contribution >= 4 is 39.2 Å². The van der Waals surface area contributed by atoms with E-state index in [0.29, 0.717) is 18.8 Å². The van der Waals surface area contributed by atoms with Crippen molar-refractivity contribution in [2.75, 3.05) is 25.4 Å². The second-order valence-corrected chi connectivity index (χ2v) is 7.28. The third-order valence-electron chi connectivity index (χ3n) is 3.47. The second-order valence-electron chi connectivity index (χ2n) is 5.03. The van der Waals surface area contributed by atoms with Gasteiger partial charge < -0.3 is 15.7 Å². The van der Waals surface area contributed by atoms with Gasteiger partial charge in [-0.25, -0.2) is 4.98 Å². The van der Waals surface area contributed by atoms with Gasteiger partial charge in [0.1, 0.15) is 0 Å². The van der Waals surface area contributed by atoms with Gasteiger partial charge in [-0.05, 0) is 12.1 Å². The zero-order valence-corrected chi connectivity index (χ0v) is 13.0. The normalized spacial score (nSPS) is 21.8. The summed E-state index contributed by atoms with van der Waals surface area (Å²) in [5, 5.41) is 15.6. The number of aliphatic hydroxyl groups is 1. The monoisotopic (exact) mass is 323 g/mol. The zero-order valence-electron chi connectivity index (χ0n) is 11.4. The molecule has 112 valence electrons. The lowest BCUT2D eigenvalue weighted by atomic mass is 10.1. The Labute approximate surface area is 131 Å². The fourth-order valence-corrected chi connectivity index (χ4v) is 4.16. The number of hydrogen-bond acceptors (Lipinski definition) is 6. The van der Waals surface area contributed by atoms with E-state index in [1.165, 1.54) is 11.8 Å². The number of aliphatic hydroxyl groups excluding tert-OH is 1. The van der Waals surface area contributed by atoms with E-state index in [1.807, 2.05) is 24.3 Å². The van der Waals surface area contributed by atoms with E-state index in [9.17, 15) is 9.90 Å². The Morgan fingerprint density at radius 3 is 3.10 bits per heavy atom. The van der Waals surface area contributed by atoms with E-state index < -0.39 is 0 Å². The molecule has 2 heterocycles. The van der Waals surface area contributed by atoms with E-state index in [4.69, 9.17) is 0 Å². The molecule has 1 amide bonds. The molecular formula is C14H17N3O2S2. The lowest BCUT2D eigenvalue weighted by molar-refractivity contribution is -0.118. The van der Waals surface area contributed by atoms with Crippen LogP contribution in [0, 0.1) is 5.92 Å². The van der Waals surface area contributed by atoms with Gasteiger partial charge in [-0.3, -0.25) is 4.79 Å². The molecule has 1 saturated heterocycles. The van der Waals surface area contributed by atoms with Crippen molar-refractivity contribution in [1.82, 2.24) is 15.6 Å². The van der Waals surface area contributed by atoms with Crippen LogP contribution in [-0.4, -0.2) is 47.5 Å². The third kappa shape index (κ3) is 3.74. The van der Waals surface area contributed by atoms with E-state index in [1.54, 1.807) is 11.3 Å². The summed E-state index contributed by atoms with van der Waals surface area (Å²) in [6.45, 7) is 1.89. The van der Waals surface area contributed by atoms with Crippen molar-refractivity contribution in [3.05, 3.63) is 24.3 Å². The Balaban J connectivity index is 1.47. The Hall–Kier alpha value is -1.15. The van der Waals surface area contributed by atoms with E-state index >= 15 is 0 Å². The van der Waals surface area contributed by atoms with Crippen LogP contribution in [0.15, 0.2) is 28.6 Å². The number of amides is 1. The molecule has 7 heteroatoms. The molecule has 1 aromatic carbocycles. The molecule has 2 atom stereocenters. The summed E-state index contributed by atoms with van der Waals surface area (Å²) in [5.74, 6) is 0.454. The minimum atomic E-state index is -0.359. The summed E-state index contributed by atoms with van der Waals surface area (Å²) in [7, 11) is 0. The highest BCUT2D eigenvalue weighted by atomic mass is 32.2. The summed E-state index contributed by atoms with van der Waals surface area (Å²) in [6, 6.07) is 7.96. The van der Waals surface area contributed by atoms with Gasteiger partial charge in [0, 0.05) is 25.6 Å². The minimum absolute atomic E-state index is 0.0154. The summed E-state index contributed by atoms with van der Waals surface area (Å²) in [5.41, 5.74) is 0.977. The molecule has 5 nitrogen and oxygen atoms in total. The highest BCUT2D eigenvalue weighted by Gasteiger charge is 2.24. The number of thiazole rings is 1. The number of benzene rings is 1. The summed E-state index contributed by atoms with van der Waals surface area (Å²) in [4.78, 5) is 16.3. The number of hydrogen-bond donors (Lipinski definition) is 3. The first-order chi connectivity index (χ1) is 10.2. The standard InChI is InChI=1S/C14H17N3O2S2/c18-11-7-15-5-9(11)6-16-13(19)8-20-14-17-10-3-1-2-4-12(10)21-14/h1-4,9,11,15,18H,5-8H2,(H,16,19). The SMILES string of the molecule is O=C(CSc1nc2ccccc2s1)NCC1CNCC1O. The van der Waals surface area contributed by atoms with Crippen molar-refractivity contribution in [1.29, 1.82) is 0 Å². The number of β-amino-alcohol motifs (C(OH)–C–C–N with tert-alkyl or cyclic N) is 1. The first-order valence-corrected chi connectivity index (χ1v) is 8.66. The predicted molar refractivity (Wildman–Crippen MR) is 85.7 cm³/mol. The van der Waals surface area contributed by atoms with Gasteiger partial charge in [-0.15, -0.1) is 11.3 Å². The molecule has 3 N–H and O–H groups in total. The topological polar surface area (TPSA) is 74.2 Å². The molecule has 0 radical (unpaired) electrons. The quantitative estimate of drug-likeness (QED) is 0.718. The first kappa shape index (κ1) is 14.8. The number of para-hydroxylation sites is 1. The number of nitrogens with zero attached hydrogens (tertiary/aromatic N) is 1. The molecule has 1 aromatic heterocycles. The van der Waals surface area contributed by atoms with Crippen LogP contribution < -0.4 is 10.6 Å². The lowest BCUT2D eigenvalue weighted by Gasteiger charge is -2.13. The van der Waals surface area contributed by atoms with Gasteiger partial charge in [0.25, 0.3) is 0 Å². The fourth-order valence-electron chi connectivity index (χ4n) is 2.26. The molecular weight excluding hydrogens is 306 g/mol. The van der Waals surface area contributed by atoms with Crippen LogP contribution in [0.4, 0.5) is 0 Å². The van der Waals surface area contributed by atoms with Crippen molar-refractivity contribution < 1.29 is 9.90 Å². The summed E-state index contributed by atoms with van der Waals surface area (Å²) < 4.78 is 2.05. The molecule has 1 fully saturated rings. The molecule has 0 saturated carbocycles. The lowest BCUT2D eigenvalue weighted by Crippen LogP contribution is -2.35. The maximum Gasteiger partial charge on any atom is 0.230 e. The van der Waals surface area contributed by atoms with Crippen LogP contribution in [0.1, 0.15) is 0 Å². The average molecular weight is 323 g/mol. The molecule has 1 aliphatic rings. The number of rotatable bonds is 5. The minimum Gasteiger partial charge on any atom is -0.391 e. The van der Waals surface area contributed by atoms with Crippen LogP contribution >= 0.6 is 23.1 Å². The highest BCUT2D eigenvalue weighted by molar-refractivity contribution is 8.01. The number of nitrogens with one attached hydrogen (secondary N) is 2. The van der Waals surface area contributed by atoms with Gasteiger partial charge in [-0.1, -0.05) is 23.9 Å². The summed E-state index contributed by atoms with van der Waals surface area (Å²) in [6.07, 6.45) is -0.359. The maximum absolute atomic E-state index is 11.8. The van der Waals surface area contributed by atoms with Gasteiger partial charge in [-0.2, -0.15) is 0 Å². The molecule has 2 unspecified atom stereocenters. The van der Waals surface area contributed by atoms with Gasteiger partial charge in [0.05, 0.1) is 22.1 Å². The number of aromatic nitrogens is 1. The molecule has 0 bridgehead atoms. The van der Waals surface area contributed by atoms with E-state index in [2.05, 4.69) is 15.6 Å². The molecule has 2 aromatic rings. The second kappa shape index (κ2) is 6.74. The van der Waals surface area contributed by atoms with Crippen molar-refractivity contribution in [2.45, 2.75) is 10.4 Å². The van der Waals surface area contributed by atoms with Gasteiger partial charge in [0.2, 0.25) is 5.91 Å². The van der Waals surface area contributed by atoms with Crippen molar-refractivity contribution in [2.24, 2.45) is 5.92 Å². The van der Waals surface area contributed by atoms with Gasteiger partial charge in [0.15, 0.2) is 4.34 Å². The number of carbonyl (C=O) groups is 1. The number of fused-ring (bicyclic) bond motifs is 1. The highest BCUT2D eigenvalue weighted by Crippen LogP contribution is 2.28. The Morgan fingerprint density at radius 1 is 1.48 bits per heavy atom. The molecule has 1 aliphatic heterocycles. The van der Waals surface area contributed by atoms with E-state index in [-0.39, 0.29) is 17.9 Å². The average Bonchev–Trinajstić information content (AvgIpc) is 3.08. The largest absolute Gasteiger partial charge is 0.391 e. The molecule has 3 rings (SSSR count). The van der Waals surface area contributed by atoms with Crippen LogP contribution in [0.3, 0.4) is 0 Å². The molecule has 21 heavy (non-hydrogen) atoms. The smallest absolute Gasteiger partial charge is 0.230 e. The predicted octanol–water partition coefficient (Wildman–Crippen LogP) is 1.08. The molecule has 0 aliphatic carbocycles. The van der Waals surface area contributed by atoms with Crippen LogP contribution in [0.25, 0.3) is 10.2 Å². The van der Waals surface area contributed by atoms with Crippen LogP contribution in [-0.2, 0) is 4.79 Å². The third-order valence-corrected chi connectivity index (χ3v) is 5.65. The first-order valence-electron chi connectivity index (χ1n) is 6.86. The summed E-state index contributed by atoms with van der Waals surface area (Å²) >= 11 is 3.06. The van der Waals surface area contributed by atoms with Crippen molar-refractivity contribution in [3.63, 3.8) is 0 Å². The van der Waals surface area contributed by atoms with Crippen LogP contribution in [0.2, 0.25) is 0 Å². The Bertz CT molecular complexity index is 598. The van der Waals surface area contributed by atoms with E-state index in [0.717, 1.165) is 21.1 Å².